The van der Waals surface area contributed by atoms with Gasteiger partial charge in [0.1, 0.15) is 24.5 Å². The van der Waals surface area contributed by atoms with Crippen molar-refractivity contribution in [2.75, 3.05) is 5.32 Å². The summed E-state index contributed by atoms with van der Waals surface area (Å²) in [5.41, 5.74) is 2.43. The second-order valence-electron chi connectivity index (χ2n) is 6.10. The summed E-state index contributed by atoms with van der Waals surface area (Å²) in [6, 6.07) is 22.0. The largest absolute Gasteiger partial charge is 0.489 e. The first-order chi connectivity index (χ1) is 13.7. The van der Waals surface area contributed by atoms with Crippen LogP contribution in [0.3, 0.4) is 0 Å². The van der Waals surface area contributed by atoms with Crippen LogP contribution in [0.4, 0.5) is 17.2 Å². The fraction of sp³-hybridized carbons (Fsp3) is 0.0476. The van der Waals surface area contributed by atoms with Crippen LogP contribution in [0, 0.1) is 10.1 Å². The Morgan fingerprint density at radius 3 is 2.45 bits per heavy atom. The maximum absolute atomic E-state index is 10.9. The molecule has 0 aliphatic carbocycles. The van der Waals surface area contributed by atoms with Gasteiger partial charge < -0.3 is 10.1 Å². The van der Waals surface area contributed by atoms with E-state index in [4.69, 9.17) is 4.74 Å². The fourth-order valence-electron chi connectivity index (χ4n) is 2.77. The fourth-order valence-corrected chi connectivity index (χ4v) is 2.77. The van der Waals surface area contributed by atoms with Gasteiger partial charge in [-0.15, -0.1) is 12.4 Å². The first-order valence-corrected chi connectivity index (χ1v) is 8.62. The highest BCUT2D eigenvalue weighted by Gasteiger charge is 2.10. The maximum atomic E-state index is 10.9. The van der Waals surface area contributed by atoms with Gasteiger partial charge in [0, 0.05) is 23.2 Å². The Labute approximate surface area is 173 Å². The highest BCUT2D eigenvalue weighted by atomic mass is 35.5. The van der Waals surface area contributed by atoms with Crippen LogP contribution in [0.25, 0.3) is 10.9 Å². The van der Waals surface area contributed by atoms with Gasteiger partial charge in [0.15, 0.2) is 0 Å². The molecule has 0 bridgehead atoms. The van der Waals surface area contributed by atoms with Crippen LogP contribution in [0.1, 0.15) is 5.56 Å². The second kappa shape index (κ2) is 8.99. The van der Waals surface area contributed by atoms with Crippen molar-refractivity contribution in [1.29, 1.82) is 0 Å². The highest BCUT2D eigenvalue weighted by molar-refractivity contribution is 5.91. The topological polar surface area (TPSA) is 90.2 Å². The molecule has 0 aliphatic heterocycles. The summed E-state index contributed by atoms with van der Waals surface area (Å²) in [6.07, 6.45) is 1.38. The Balaban J connectivity index is 0.00000240. The van der Waals surface area contributed by atoms with E-state index < -0.39 is 4.92 Å². The molecule has 4 rings (SSSR count). The molecule has 1 aromatic heterocycles. The quantitative estimate of drug-likeness (QED) is 0.344. The zero-order chi connectivity index (χ0) is 19.3. The summed E-state index contributed by atoms with van der Waals surface area (Å²) in [4.78, 5) is 18.9. The Morgan fingerprint density at radius 2 is 1.72 bits per heavy atom. The molecule has 4 aromatic rings. The van der Waals surface area contributed by atoms with Crippen LogP contribution in [-0.4, -0.2) is 14.9 Å². The van der Waals surface area contributed by atoms with Crippen LogP contribution >= 0.6 is 12.4 Å². The maximum Gasteiger partial charge on any atom is 0.271 e. The van der Waals surface area contributed by atoms with E-state index in [1.54, 1.807) is 6.07 Å². The molecule has 0 spiro atoms. The minimum absolute atomic E-state index is 0. The van der Waals surface area contributed by atoms with Crippen molar-refractivity contribution in [3.63, 3.8) is 0 Å². The molecule has 0 aliphatic rings. The molecule has 0 radical (unpaired) electrons. The number of fused-ring (bicyclic) bond motifs is 1. The van der Waals surface area contributed by atoms with Gasteiger partial charge in [-0.3, -0.25) is 10.1 Å². The third-order valence-corrected chi connectivity index (χ3v) is 4.20. The van der Waals surface area contributed by atoms with Crippen LogP contribution < -0.4 is 10.1 Å². The smallest absolute Gasteiger partial charge is 0.271 e. The average Bonchev–Trinajstić information content (AvgIpc) is 2.74. The van der Waals surface area contributed by atoms with E-state index in [1.165, 1.54) is 18.5 Å². The molecule has 1 N–H and O–H groups in total. The van der Waals surface area contributed by atoms with Crippen molar-refractivity contribution in [2.45, 2.75) is 6.61 Å². The van der Waals surface area contributed by atoms with Crippen molar-refractivity contribution < 1.29 is 9.66 Å². The number of halogens is 1. The third kappa shape index (κ3) is 4.77. The van der Waals surface area contributed by atoms with Gasteiger partial charge in [-0.2, -0.15) is 0 Å². The number of nitro benzene ring substituents is 1. The number of benzene rings is 3. The van der Waals surface area contributed by atoms with E-state index >= 15 is 0 Å². The Morgan fingerprint density at radius 1 is 0.966 bits per heavy atom. The minimum Gasteiger partial charge on any atom is -0.489 e. The Kier molecular flexibility index (Phi) is 6.21. The summed E-state index contributed by atoms with van der Waals surface area (Å²) in [5.74, 6) is 1.34. The number of nitrogens with zero attached hydrogens (tertiary/aromatic N) is 3. The summed E-state index contributed by atoms with van der Waals surface area (Å²) < 4.78 is 5.79. The summed E-state index contributed by atoms with van der Waals surface area (Å²) in [7, 11) is 0. The lowest BCUT2D eigenvalue weighted by molar-refractivity contribution is -0.384. The number of aromatic nitrogens is 2. The van der Waals surface area contributed by atoms with Crippen molar-refractivity contribution in [3.8, 4) is 5.75 Å². The molecule has 1 heterocycles. The van der Waals surface area contributed by atoms with E-state index in [0.717, 1.165) is 17.0 Å². The predicted octanol–water partition coefficient (Wildman–Crippen LogP) is 5.28. The number of nitro groups is 1. The number of hydrogen-bond donors (Lipinski definition) is 1. The van der Waals surface area contributed by atoms with Crippen LogP contribution in [0.15, 0.2) is 79.1 Å². The van der Waals surface area contributed by atoms with E-state index in [-0.39, 0.29) is 18.1 Å². The zero-order valence-corrected chi connectivity index (χ0v) is 16.0. The molecule has 0 amide bonds. The molecule has 0 saturated carbocycles. The summed E-state index contributed by atoms with van der Waals surface area (Å²) >= 11 is 0. The SMILES string of the molecule is Cl.O=[N+]([O-])c1ccc2c(Nc3ccc(OCc4ccccc4)cc3)ncnc2c1. The van der Waals surface area contributed by atoms with Gasteiger partial charge in [-0.05, 0) is 35.9 Å². The number of ether oxygens (including phenoxy) is 1. The number of hydrogen-bond acceptors (Lipinski definition) is 6. The van der Waals surface area contributed by atoms with Crippen molar-refractivity contribution in [3.05, 3.63) is 94.8 Å². The van der Waals surface area contributed by atoms with Gasteiger partial charge in [-0.1, -0.05) is 30.3 Å². The van der Waals surface area contributed by atoms with Crippen LogP contribution in [-0.2, 0) is 6.61 Å². The molecule has 7 nitrogen and oxygen atoms in total. The predicted molar refractivity (Wildman–Crippen MR) is 114 cm³/mol. The van der Waals surface area contributed by atoms with E-state index in [0.29, 0.717) is 23.3 Å². The molecule has 146 valence electrons. The molecule has 3 aromatic carbocycles. The number of non-ortho nitro benzene ring substituents is 1. The first kappa shape index (κ1) is 20.0. The molecule has 0 atom stereocenters. The van der Waals surface area contributed by atoms with Crippen LogP contribution in [0.2, 0.25) is 0 Å². The van der Waals surface area contributed by atoms with Gasteiger partial charge in [0.25, 0.3) is 5.69 Å². The van der Waals surface area contributed by atoms with Gasteiger partial charge in [-0.25, -0.2) is 9.97 Å². The average molecular weight is 409 g/mol. The Bertz CT molecular complexity index is 1120. The molecule has 0 fully saturated rings. The van der Waals surface area contributed by atoms with Gasteiger partial charge in [0.2, 0.25) is 0 Å². The molecular weight excluding hydrogens is 392 g/mol. The third-order valence-electron chi connectivity index (χ3n) is 4.20. The highest BCUT2D eigenvalue weighted by Crippen LogP contribution is 2.27. The molecule has 0 unspecified atom stereocenters. The van der Waals surface area contributed by atoms with Crippen molar-refractivity contribution in [2.24, 2.45) is 0 Å². The lowest BCUT2D eigenvalue weighted by atomic mass is 10.2. The van der Waals surface area contributed by atoms with Gasteiger partial charge >= 0.3 is 0 Å². The summed E-state index contributed by atoms with van der Waals surface area (Å²) in [5, 5.41) is 14.9. The van der Waals surface area contributed by atoms with Crippen molar-refractivity contribution in [1.82, 2.24) is 9.97 Å². The van der Waals surface area contributed by atoms with E-state index in [2.05, 4.69) is 15.3 Å². The van der Waals surface area contributed by atoms with E-state index in [9.17, 15) is 10.1 Å². The number of rotatable bonds is 6. The van der Waals surface area contributed by atoms with Gasteiger partial charge in [0.05, 0.1) is 10.4 Å². The molecule has 8 heteroatoms. The molecule has 0 saturated heterocycles. The minimum atomic E-state index is -0.442. The van der Waals surface area contributed by atoms with E-state index in [1.807, 2.05) is 54.6 Å². The second-order valence-corrected chi connectivity index (χ2v) is 6.10. The lowest BCUT2D eigenvalue weighted by Gasteiger charge is -2.10. The lowest BCUT2D eigenvalue weighted by Crippen LogP contribution is -1.98. The summed E-state index contributed by atoms with van der Waals surface area (Å²) in [6.45, 7) is 0.503. The molecular formula is C21H17ClN4O3. The molecule has 29 heavy (non-hydrogen) atoms. The monoisotopic (exact) mass is 408 g/mol. The van der Waals surface area contributed by atoms with Crippen molar-refractivity contribution >= 4 is 40.5 Å². The number of nitrogens with one attached hydrogen (secondary N) is 1. The van der Waals surface area contributed by atoms with Crippen LogP contribution in [0.5, 0.6) is 5.75 Å². The number of anilines is 2. The zero-order valence-electron chi connectivity index (χ0n) is 15.2. The Hall–Kier alpha value is -3.71. The first-order valence-electron chi connectivity index (χ1n) is 8.62. The standard InChI is InChI=1S/C21H16N4O3.ClH/c26-25(27)17-8-11-19-20(12-17)22-14-23-21(19)24-16-6-9-18(10-7-16)28-13-15-4-2-1-3-5-15;/h1-12,14H,13H2,(H,22,23,24);1H. The normalized spacial score (nSPS) is 10.2.